The van der Waals surface area contributed by atoms with E-state index in [1.165, 1.54) is 6.07 Å². The highest BCUT2D eigenvalue weighted by molar-refractivity contribution is 9.10. The van der Waals surface area contributed by atoms with E-state index in [0.29, 0.717) is 36.6 Å². The Balaban J connectivity index is 1.75. The van der Waals surface area contributed by atoms with Crippen LogP contribution in [0, 0.1) is 12.8 Å². The number of carbonyl (C=O) groups is 1. The van der Waals surface area contributed by atoms with Crippen molar-refractivity contribution in [3.8, 4) is 0 Å². The predicted octanol–water partition coefficient (Wildman–Crippen LogP) is 6.04. The first-order valence-electron chi connectivity index (χ1n) is 9.76. The Kier molecular flexibility index (Phi) is 6.66. The molecule has 0 unspecified atom stereocenters. The number of aromatic nitrogens is 1. The number of hydrogen-bond donors (Lipinski definition) is 0. The summed E-state index contributed by atoms with van der Waals surface area (Å²) in [5.41, 5.74) is 1.54. The second kappa shape index (κ2) is 8.86. The van der Waals surface area contributed by atoms with Gasteiger partial charge in [-0.05, 0) is 78.7 Å². The van der Waals surface area contributed by atoms with E-state index in [2.05, 4.69) is 27.8 Å². The summed E-state index contributed by atoms with van der Waals surface area (Å²) in [6.45, 7) is 4.78. The van der Waals surface area contributed by atoms with Gasteiger partial charge in [0.25, 0.3) is 5.91 Å². The number of pyridine rings is 1. The summed E-state index contributed by atoms with van der Waals surface area (Å²) < 4.78 is 38.9. The molecule has 1 saturated heterocycles. The molecule has 156 valence electrons. The van der Waals surface area contributed by atoms with Crippen LogP contribution >= 0.6 is 15.9 Å². The molecule has 0 saturated carbocycles. The zero-order chi connectivity index (χ0) is 21.2. The molecule has 2 atom stereocenters. The number of halogens is 4. The maximum atomic E-state index is 13.3. The third-order valence-corrected chi connectivity index (χ3v) is 6.27. The third kappa shape index (κ3) is 5.18. The number of nitrogens with zero attached hydrogens (tertiary/aromatic N) is 2. The van der Waals surface area contributed by atoms with Crippen molar-refractivity contribution < 1.29 is 18.0 Å². The molecule has 1 aliphatic rings. The highest BCUT2D eigenvalue weighted by atomic mass is 79.9. The minimum atomic E-state index is -4.38. The monoisotopic (exact) mass is 468 g/mol. The lowest BCUT2D eigenvalue weighted by molar-refractivity contribution is -0.137. The van der Waals surface area contributed by atoms with Crippen molar-refractivity contribution >= 4 is 21.8 Å². The van der Waals surface area contributed by atoms with Crippen LogP contribution in [0.5, 0.6) is 0 Å². The Morgan fingerprint density at radius 2 is 2.03 bits per heavy atom. The predicted molar refractivity (Wildman–Crippen MR) is 110 cm³/mol. The van der Waals surface area contributed by atoms with E-state index in [4.69, 9.17) is 0 Å². The van der Waals surface area contributed by atoms with Gasteiger partial charge in [0.05, 0.1) is 11.1 Å². The molecule has 2 aromatic rings. The van der Waals surface area contributed by atoms with Gasteiger partial charge in [0.15, 0.2) is 0 Å². The first-order chi connectivity index (χ1) is 13.7. The van der Waals surface area contributed by atoms with Gasteiger partial charge in [-0.25, -0.2) is 0 Å². The van der Waals surface area contributed by atoms with Crippen LogP contribution in [-0.2, 0) is 12.6 Å². The fraction of sp³-hybridized carbons (Fsp3) is 0.455. The van der Waals surface area contributed by atoms with Crippen LogP contribution in [0.15, 0.2) is 41.0 Å². The fourth-order valence-corrected chi connectivity index (χ4v) is 4.35. The maximum absolute atomic E-state index is 13.3. The van der Waals surface area contributed by atoms with Gasteiger partial charge in [-0.3, -0.25) is 9.78 Å². The van der Waals surface area contributed by atoms with Gasteiger partial charge < -0.3 is 4.90 Å². The quantitative estimate of drug-likeness (QED) is 0.547. The normalized spacial score (nSPS) is 20.0. The average Bonchev–Trinajstić information content (AvgIpc) is 2.68. The van der Waals surface area contributed by atoms with Gasteiger partial charge in [-0.1, -0.05) is 18.6 Å². The van der Waals surface area contributed by atoms with Gasteiger partial charge in [-0.2, -0.15) is 13.2 Å². The molecule has 0 bridgehead atoms. The van der Waals surface area contributed by atoms with Crippen LogP contribution in [-0.4, -0.2) is 28.4 Å². The highest BCUT2D eigenvalue weighted by Crippen LogP contribution is 2.31. The van der Waals surface area contributed by atoms with Crippen LogP contribution in [0.4, 0.5) is 13.2 Å². The van der Waals surface area contributed by atoms with E-state index < -0.39 is 11.7 Å². The van der Waals surface area contributed by atoms with Gasteiger partial charge in [0.1, 0.15) is 0 Å². The summed E-state index contributed by atoms with van der Waals surface area (Å²) in [5, 5.41) is 0. The molecule has 7 heteroatoms. The second-order valence-corrected chi connectivity index (χ2v) is 8.60. The van der Waals surface area contributed by atoms with Crippen molar-refractivity contribution in [3.63, 3.8) is 0 Å². The Morgan fingerprint density at radius 3 is 2.69 bits per heavy atom. The summed E-state index contributed by atoms with van der Waals surface area (Å²) >= 11 is 3.48. The van der Waals surface area contributed by atoms with Crippen molar-refractivity contribution in [3.05, 3.63) is 63.4 Å². The second-order valence-electron chi connectivity index (χ2n) is 7.74. The molecule has 29 heavy (non-hydrogen) atoms. The van der Waals surface area contributed by atoms with E-state index in [-0.39, 0.29) is 11.9 Å². The molecule has 2 heterocycles. The lowest BCUT2D eigenvalue weighted by atomic mass is 9.87. The molecule has 1 fully saturated rings. The number of piperidine rings is 1. The first kappa shape index (κ1) is 21.8. The molecule has 1 aliphatic heterocycles. The average molecular weight is 469 g/mol. The number of benzene rings is 1. The van der Waals surface area contributed by atoms with Crippen molar-refractivity contribution in [1.29, 1.82) is 0 Å². The number of amides is 1. The Bertz CT molecular complexity index is 867. The Hall–Kier alpha value is -1.89. The van der Waals surface area contributed by atoms with E-state index in [1.54, 1.807) is 0 Å². The molecular weight excluding hydrogens is 445 g/mol. The van der Waals surface area contributed by atoms with Crippen LogP contribution < -0.4 is 0 Å². The number of likely N-dealkylation sites (tertiary alicyclic amines) is 1. The van der Waals surface area contributed by atoms with E-state index in [0.717, 1.165) is 35.1 Å². The first-order valence-corrected chi connectivity index (χ1v) is 10.6. The van der Waals surface area contributed by atoms with Crippen LogP contribution in [0.1, 0.15) is 53.4 Å². The zero-order valence-electron chi connectivity index (χ0n) is 16.5. The minimum Gasteiger partial charge on any atom is -0.335 e. The van der Waals surface area contributed by atoms with Crippen molar-refractivity contribution in [2.75, 3.05) is 6.54 Å². The summed E-state index contributed by atoms with van der Waals surface area (Å²) in [4.78, 5) is 19.2. The summed E-state index contributed by atoms with van der Waals surface area (Å²) in [6.07, 6.45) is -0.309. The molecule has 1 aromatic carbocycles. The largest absolute Gasteiger partial charge is 0.417 e. The van der Waals surface area contributed by atoms with Crippen molar-refractivity contribution in [1.82, 2.24) is 9.88 Å². The number of hydrogen-bond acceptors (Lipinski definition) is 2. The van der Waals surface area contributed by atoms with E-state index in [9.17, 15) is 18.0 Å². The molecule has 0 aliphatic carbocycles. The van der Waals surface area contributed by atoms with Crippen LogP contribution in [0.3, 0.4) is 0 Å². The van der Waals surface area contributed by atoms with Crippen LogP contribution in [0.25, 0.3) is 0 Å². The van der Waals surface area contributed by atoms with E-state index >= 15 is 0 Å². The Morgan fingerprint density at radius 1 is 1.28 bits per heavy atom. The molecule has 1 aromatic heterocycles. The molecule has 0 N–H and O–H groups in total. The van der Waals surface area contributed by atoms with Crippen molar-refractivity contribution in [2.45, 2.75) is 51.7 Å². The Labute approximate surface area is 177 Å². The number of rotatable bonds is 4. The van der Waals surface area contributed by atoms with Gasteiger partial charge in [0.2, 0.25) is 0 Å². The lowest BCUT2D eigenvalue weighted by Gasteiger charge is -2.40. The lowest BCUT2D eigenvalue weighted by Crippen LogP contribution is -2.48. The number of carbonyl (C=O) groups excluding carboxylic acids is 1. The standard InChI is InChI=1S/C22H24BrF3N2O/c1-14-5-9-19(23)18(12-14)21(29)28-11-3-4-15(2)20(28)10-8-17-7-6-16(13-27-17)22(24,25)26/h5-7,9,12-13,15,20H,3-4,8,10-11H2,1-2H3/t15-,20-/m1/s1. The summed E-state index contributed by atoms with van der Waals surface area (Å²) in [6, 6.07) is 8.26. The molecule has 3 rings (SSSR count). The topological polar surface area (TPSA) is 33.2 Å². The minimum absolute atomic E-state index is 0.00231. The van der Waals surface area contributed by atoms with Gasteiger partial charge in [0, 0.05) is 29.0 Å². The number of alkyl halides is 3. The molecule has 3 nitrogen and oxygen atoms in total. The molecular formula is C22H24BrF3N2O. The highest BCUT2D eigenvalue weighted by Gasteiger charge is 2.33. The summed E-state index contributed by atoms with van der Waals surface area (Å²) in [5.74, 6) is 0.322. The zero-order valence-corrected chi connectivity index (χ0v) is 18.1. The molecule has 0 spiro atoms. The molecule has 0 radical (unpaired) electrons. The third-order valence-electron chi connectivity index (χ3n) is 5.58. The molecule has 1 amide bonds. The smallest absolute Gasteiger partial charge is 0.335 e. The SMILES string of the molecule is Cc1ccc(Br)c(C(=O)N2CCC[C@@H](C)[C@H]2CCc2ccc(C(F)(F)F)cn2)c1. The van der Waals surface area contributed by atoms with Crippen LogP contribution in [0.2, 0.25) is 0 Å². The van der Waals surface area contributed by atoms with Gasteiger partial charge >= 0.3 is 6.18 Å². The summed E-state index contributed by atoms with van der Waals surface area (Å²) in [7, 11) is 0. The van der Waals surface area contributed by atoms with Gasteiger partial charge in [-0.15, -0.1) is 0 Å². The fourth-order valence-electron chi connectivity index (χ4n) is 3.94. The number of aryl methyl sites for hydroxylation is 2. The van der Waals surface area contributed by atoms with E-state index in [1.807, 2.05) is 30.0 Å². The van der Waals surface area contributed by atoms with Crippen molar-refractivity contribution in [2.24, 2.45) is 5.92 Å². The maximum Gasteiger partial charge on any atom is 0.417 e.